The van der Waals surface area contributed by atoms with Crippen molar-refractivity contribution in [2.75, 3.05) is 11.9 Å². The monoisotopic (exact) mass is 420 g/mol. The van der Waals surface area contributed by atoms with Gasteiger partial charge in [0.25, 0.3) is 5.69 Å². The first-order valence-electron chi connectivity index (χ1n) is 9.03. The summed E-state index contributed by atoms with van der Waals surface area (Å²) in [6, 6.07) is 11.1. The highest BCUT2D eigenvalue weighted by molar-refractivity contribution is 7.89. The van der Waals surface area contributed by atoms with Crippen LogP contribution in [0.2, 0.25) is 0 Å². The summed E-state index contributed by atoms with van der Waals surface area (Å²) in [6.45, 7) is 4.11. The quantitative estimate of drug-likeness (QED) is 0.420. The van der Waals surface area contributed by atoms with Crippen LogP contribution in [0.4, 0.5) is 11.4 Å². The standard InChI is InChI=1S/C19H24N4O5S/c1-3-16(14-6-4-13(2)5-7-14)22-19(24)10-11-21-17-9-8-15(29(20,27)28)12-18(17)23(25)26/h4-9,12,16,21H,3,10-11H2,1-2H3,(H,22,24)(H2,20,27,28)/t16-/m1/s1. The fraction of sp³-hybridized carbons (Fsp3) is 0.316. The first-order valence-corrected chi connectivity index (χ1v) is 10.6. The van der Waals surface area contributed by atoms with Crippen molar-refractivity contribution < 1.29 is 18.1 Å². The number of carbonyl (C=O) groups is 1. The van der Waals surface area contributed by atoms with Crippen LogP contribution in [-0.4, -0.2) is 25.8 Å². The molecule has 9 nitrogen and oxygen atoms in total. The highest BCUT2D eigenvalue weighted by Crippen LogP contribution is 2.27. The molecule has 4 N–H and O–H groups in total. The van der Waals surface area contributed by atoms with Gasteiger partial charge >= 0.3 is 0 Å². The number of nitrogens with two attached hydrogens (primary N) is 1. The number of primary sulfonamides is 1. The topological polar surface area (TPSA) is 144 Å². The molecule has 2 aromatic carbocycles. The molecule has 1 amide bonds. The summed E-state index contributed by atoms with van der Waals surface area (Å²) in [5.41, 5.74) is 1.83. The lowest BCUT2D eigenvalue weighted by Crippen LogP contribution is -2.29. The number of aryl methyl sites for hydroxylation is 1. The molecule has 0 radical (unpaired) electrons. The van der Waals surface area contributed by atoms with Gasteiger partial charge in [-0.05, 0) is 31.0 Å². The highest BCUT2D eigenvalue weighted by atomic mass is 32.2. The van der Waals surface area contributed by atoms with E-state index in [1.54, 1.807) is 0 Å². The maximum Gasteiger partial charge on any atom is 0.293 e. The van der Waals surface area contributed by atoms with Crippen LogP contribution in [0.5, 0.6) is 0 Å². The Kier molecular flexibility index (Phi) is 7.29. The molecule has 0 fully saturated rings. The molecular formula is C19H24N4O5S. The largest absolute Gasteiger partial charge is 0.379 e. The zero-order chi connectivity index (χ0) is 21.6. The van der Waals surface area contributed by atoms with E-state index in [9.17, 15) is 23.3 Å². The van der Waals surface area contributed by atoms with Gasteiger partial charge in [-0.15, -0.1) is 0 Å². The molecule has 0 aliphatic rings. The third-order valence-corrected chi connectivity index (χ3v) is 5.30. The van der Waals surface area contributed by atoms with Gasteiger partial charge in [-0.3, -0.25) is 14.9 Å². The number of anilines is 1. The molecule has 0 aliphatic heterocycles. The molecule has 2 rings (SSSR count). The SMILES string of the molecule is CC[C@@H](NC(=O)CCNc1ccc(S(N)(=O)=O)cc1[N+](=O)[O-])c1ccc(C)cc1. The minimum Gasteiger partial charge on any atom is -0.379 e. The van der Waals surface area contributed by atoms with Gasteiger partial charge < -0.3 is 10.6 Å². The molecule has 0 aromatic heterocycles. The van der Waals surface area contributed by atoms with Crippen molar-refractivity contribution in [1.82, 2.24) is 5.32 Å². The molecule has 29 heavy (non-hydrogen) atoms. The normalized spacial score (nSPS) is 12.2. The number of carbonyl (C=O) groups excluding carboxylic acids is 1. The Morgan fingerprint density at radius 1 is 1.21 bits per heavy atom. The summed E-state index contributed by atoms with van der Waals surface area (Å²) < 4.78 is 22.7. The Morgan fingerprint density at radius 3 is 2.41 bits per heavy atom. The molecular weight excluding hydrogens is 396 g/mol. The van der Waals surface area contributed by atoms with Crippen molar-refractivity contribution in [3.05, 3.63) is 63.7 Å². The summed E-state index contributed by atoms with van der Waals surface area (Å²) in [5.74, 6) is -0.200. The Labute approximate surface area is 169 Å². The van der Waals surface area contributed by atoms with Gasteiger partial charge in [0.2, 0.25) is 15.9 Å². The smallest absolute Gasteiger partial charge is 0.293 e. The van der Waals surface area contributed by atoms with Gasteiger partial charge in [0, 0.05) is 19.0 Å². The first-order chi connectivity index (χ1) is 13.6. The second-order valence-electron chi connectivity index (χ2n) is 6.60. The fourth-order valence-corrected chi connectivity index (χ4v) is 3.32. The zero-order valence-corrected chi connectivity index (χ0v) is 17.0. The summed E-state index contributed by atoms with van der Waals surface area (Å²) in [6.07, 6.45) is 0.819. The van der Waals surface area contributed by atoms with Crippen LogP contribution in [0.1, 0.15) is 36.9 Å². The van der Waals surface area contributed by atoms with E-state index >= 15 is 0 Å². The minimum atomic E-state index is -4.05. The number of benzene rings is 2. The fourth-order valence-electron chi connectivity index (χ4n) is 2.79. The number of nitro groups is 1. The van der Waals surface area contributed by atoms with Crippen molar-refractivity contribution in [3.63, 3.8) is 0 Å². The number of sulfonamides is 1. The predicted molar refractivity (Wildman–Crippen MR) is 110 cm³/mol. The maximum absolute atomic E-state index is 12.3. The van der Waals surface area contributed by atoms with E-state index in [-0.39, 0.29) is 35.5 Å². The zero-order valence-electron chi connectivity index (χ0n) is 16.2. The van der Waals surface area contributed by atoms with Crippen molar-refractivity contribution >= 4 is 27.3 Å². The van der Waals surface area contributed by atoms with Gasteiger partial charge in [-0.25, -0.2) is 13.6 Å². The van der Waals surface area contributed by atoms with E-state index in [4.69, 9.17) is 5.14 Å². The van der Waals surface area contributed by atoms with Crippen LogP contribution in [0.15, 0.2) is 47.4 Å². The molecule has 0 aliphatic carbocycles. The lowest BCUT2D eigenvalue weighted by Gasteiger charge is -2.18. The van der Waals surface area contributed by atoms with Gasteiger partial charge in [0.05, 0.1) is 15.9 Å². The van der Waals surface area contributed by atoms with Gasteiger partial charge in [-0.2, -0.15) is 0 Å². The molecule has 10 heteroatoms. The number of nitrogens with one attached hydrogen (secondary N) is 2. The summed E-state index contributed by atoms with van der Waals surface area (Å²) in [5, 5.41) is 22.0. The van der Waals surface area contributed by atoms with Crippen molar-refractivity contribution in [2.24, 2.45) is 5.14 Å². The lowest BCUT2D eigenvalue weighted by atomic mass is 10.0. The number of nitrogens with zero attached hydrogens (tertiary/aromatic N) is 1. The molecule has 0 saturated heterocycles. The summed E-state index contributed by atoms with van der Waals surface area (Å²) >= 11 is 0. The Balaban J connectivity index is 1.99. The number of hydrogen-bond donors (Lipinski definition) is 3. The van der Waals surface area contributed by atoms with Crippen molar-refractivity contribution in [2.45, 2.75) is 37.6 Å². The minimum absolute atomic E-state index is 0.0937. The average molecular weight is 420 g/mol. The third-order valence-electron chi connectivity index (χ3n) is 4.39. The van der Waals surface area contributed by atoms with E-state index in [0.717, 1.165) is 23.6 Å². The van der Waals surface area contributed by atoms with Crippen LogP contribution in [0.25, 0.3) is 0 Å². The predicted octanol–water partition coefficient (Wildman–Crippen LogP) is 2.62. The van der Waals surface area contributed by atoms with Crippen LogP contribution >= 0.6 is 0 Å². The van der Waals surface area contributed by atoms with E-state index in [0.29, 0.717) is 0 Å². The molecule has 156 valence electrons. The Bertz CT molecular complexity index is 990. The van der Waals surface area contributed by atoms with Crippen molar-refractivity contribution in [3.8, 4) is 0 Å². The van der Waals surface area contributed by atoms with Crippen molar-refractivity contribution in [1.29, 1.82) is 0 Å². The number of amides is 1. The van der Waals surface area contributed by atoms with Gasteiger partial charge in [0.1, 0.15) is 5.69 Å². The third kappa shape index (κ3) is 6.26. The maximum atomic E-state index is 12.3. The second-order valence-corrected chi connectivity index (χ2v) is 8.16. The number of rotatable bonds is 9. The molecule has 1 atom stereocenters. The number of nitro benzene ring substituents is 1. The molecule has 0 saturated carbocycles. The van der Waals surface area contributed by atoms with E-state index in [1.807, 2.05) is 38.1 Å². The van der Waals surface area contributed by atoms with Crippen LogP contribution in [-0.2, 0) is 14.8 Å². The first kappa shape index (κ1) is 22.3. The van der Waals surface area contributed by atoms with Gasteiger partial charge in [0.15, 0.2) is 0 Å². The van der Waals surface area contributed by atoms with Crippen LogP contribution in [0.3, 0.4) is 0 Å². The Hall–Kier alpha value is -2.98. The Morgan fingerprint density at radius 2 is 1.86 bits per heavy atom. The highest BCUT2D eigenvalue weighted by Gasteiger charge is 2.19. The van der Waals surface area contributed by atoms with Crippen LogP contribution in [0, 0.1) is 17.0 Å². The lowest BCUT2D eigenvalue weighted by molar-refractivity contribution is -0.384. The molecule has 2 aromatic rings. The van der Waals surface area contributed by atoms with E-state index in [2.05, 4.69) is 10.6 Å². The average Bonchev–Trinajstić information content (AvgIpc) is 2.66. The van der Waals surface area contributed by atoms with Crippen LogP contribution < -0.4 is 15.8 Å². The van der Waals surface area contributed by atoms with E-state index < -0.39 is 20.6 Å². The molecule has 0 bridgehead atoms. The summed E-state index contributed by atoms with van der Waals surface area (Å²) in [4.78, 5) is 22.4. The number of hydrogen-bond acceptors (Lipinski definition) is 6. The molecule has 0 spiro atoms. The van der Waals surface area contributed by atoms with Gasteiger partial charge in [-0.1, -0.05) is 36.8 Å². The second kappa shape index (κ2) is 9.48. The van der Waals surface area contributed by atoms with E-state index in [1.165, 1.54) is 12.1 Å². The molecule has 0 heterocycles. The molecule has 0 unspecified atom stereocenters. The summed E-state index contributed by atoms with van der Waals surface area (Å²) in [7, 11) is -4.05.